The second-order valence-corrected chi connectivity index (χ2v) is 7.10. The number of carbonyl (C=O) groups is 1. The summed E-state index contributed by atoms with van der Waals surface area (Å²) in [4.78, 5) is 23.6. The van der Waals surface area contributed by atoms with Gasteiger partial charge in [-0.25, -0.2) is 4.98 Å². The standard InChI is InChI=1S/C15H20N4OS2/c1-10-12(9-11-13(20)18(3)15(21)17(11)2)22-14(16-10)19-7-5-4-6-8-19/h9H,4-8H2,1-3H3/b11-9+. The number of carbonyl (C=O) groups excluding carboxylic acids is 1. The van der Waals surface area contributed by atoms with E-state index in [1.165, 1.54) is 24.2 Å². The van der Waals surface area contributed by atoms with Crippen LogP contribution in [0.1, 0.15) is 29.8 Å². The van der Waals surface area contributed by atoms with Crippen LogP contribution < -0.4 is 4.90 Å². The normalized spacial score (nSPS) is 21.4. The number of thiocarbonyl (C=S) groups is 1. The lowest BCUT2D eigenvalue weighted by Gasteiger charge is -2.25. The Morgan fingerprint density at radius 3 is 2.45 bits per heavy atom. The number of nitrogens with zero attached hydrogens (tertiary/aromatic N) is 4. The number of rotatable bonds is 2. The molecular formula is C15H20N4OS2. The van der Waals surface area contributed by atoms with Crippen molar-refractivity contribution in [1.29, 1.82) is 0 Å². The fraction of sp³-hybridized carbons (Fsp3) is 0.533. The molecule has 1 aromatic rings. The molecule has 0 unspecified atom stereocenters. The van der Waals surface area contributed by atoms with Crippen molar-refractivity contribution < 1.29 is 4.79 Å². The van der Waals surface area contributed by atoms with Crippen LogP contribution in [0.25, 0.3) is 6.08 Å². The highest BCUT2D eigenvalue weighted by atomic mass is 32.1. The van der Waals surface area contributed by atoms with Crippen LogP contribution in [0.15, 0.2) is 5.70 Å². The second kappa shape index (κ2) is 5.96. The minimum Gasteiger partial charge on any atom is -0.348 e. The van der Waals surface area contributed by atoms with Gasteiger partial charge in [0.05, 0.1) is 10.6 Å². The van der Waals surface area contributed by atoms with Gasteiger partial charge in [-0.15, -0.1) is 0 Å². The van der Waals surface area contributed by atoms with Gasteiger partial charge in [0.1, 0.15) is 5.70 Å². The third-order valence-electron chi connectivity index (χ3n) is 4.17. The second-order valence-electron chi connectivity index (χ2n) is 5.73. The molecule has 22 heavy (non-hydrogen) atoms. The summed E-state index contributed by atoms with van der Waals surface area (Å²) in [7, 11) is 3.54. The number of aromatic nitrogens is 1. The average molecular weight is 336 g/mol. The molecule has 2 aliphatic rings. The lowest BCUT2D eigenvalue weighted by molar-refractivity contribution is -0.121. The summed E-state index contributed by atoms with van der Waals surface area (Å²) in [6.45, 7) is 4.15. The summed E-state index contributed by atoms with van der Waals surface area (Å²) < 4.78 is 0. The molecule has 0 bridgehead atoms. The van der Waals surface area contributed by atoms with Gasteiger partial charge in [0.25, 0.3) is 5.91 Å². The zero-order valence-corrected chi connectivity index (χ0v) is 14.8. The maximum Gasteiger partial charge on any atom is 0.276 e. The number of hydrogen-bond acceptors (Lipinski definition) is 5. The van der Waals surface area contributed by atoms with Crippen molar-refractivity contribution in [2.24, 2.45) is 0 Å². The molecule has 0 spiro atoms. The van der Waals surface area contributed by atoms with E-state index in [4.69, 9.17) is 12.2 Å². The Labute approximate surface area is 140 Å². The van der Waals surface area contributed by atoms with Crippen molar-refractivity contribution >= 4 is 45.8 Å². The number of likely N-dealkylation sites (N-methyl/N-ethyl adjacent to an activating group) is 2. The van der Waals surface area contributed by atoms with Crippen LogP contribution in [-0.2, 0) is 4.79 Å². The van der Waals surface area contributed by atoms with Gasteiger partial charge in [-0.1, -0.05) is 11.3 Å². The van der Waals surface area contributed by atoms with Crippen LogP contribution >= 0.6 is 23.6 Å². The van der Waals surface area contributed by atoms with E-state index in [1.54, 1.807) is 23.3 Å². The van der Waals surface area contributed by atoms with Crippen LogP contribution in [-0.4, -0.2) is 53.0 Å². The maximum absolute atomic E-state index is 12.3. The zero-order chi connectivity index (χ0) is 15.9. The van der Waals surface area contributed by atoms with Gasteiger partial charge in [0.15, 0.2) is 10.2 Å². The van der Waals surface area contributed by atoms with E-state index in [1.807, 2.05) is 20.0 Å². The molecular weight excluding hydrogens is 316 g/mol. The number of amides is 1. The van der Waals surface area contributed by atoms with E-state index in [0.29, 0.717) is 10.8 Å². The van der Waals surface area contributed by atoms with Crippen molar-refractivity contribution in [3.8, 4) is 0 Å². The number of anilines is 1. The molecule has 7 heteroatoms. The molecule has 118 valence electrons. The third-order valence-corrected chi connectivity index (χ3v) is 5.89. The number of piperidine rings is 1. The van der Waals surface area contributed by atoms with Crippen LogP contribution in [0.3, 0.4) is 0 Å². The van der Waals surface area contributed by atoms with Crippen molar-refractivity contribution in [1.82, 2.24) is 14.8 Å². The summed E-state index contributed by atoms with van der Waals surface area (Å²) in [5.74, 6) is -0.0557. The Bertz CT molecular complexity index is 646. The molecule has 0 N–H and O–H groups in total. The highest BCUT2D eigenvalue weighted by Crippen LogP contribution is 2.31. The third kappa shape index (κ3) is 2.63. The van der Waals surface area contributed by atoms with Crippen LogP contribution in [0.5, 0.6) is 0 Å². The predicted molar refractivity (Wildman–Crippen MR) is 94.0 cm³/mol. The number of aryl methyl sites for hydroxylation is 1. The minimum absolute atomic E-state index is 0.0557. The molecule has 0 saturated carbocycles. The minimum atomic E-state index is -0.0557. The summed E-state index contributed by atoms with van der Waals surface area (Å²) in [6, 6.07) is 0. The Kier molecular flexibility index (Phi) is 4.18. The van der Waals surface area contributed by atoms with E-state index >= 15 is 0 Å². The first kappa shape index (κ1) is 15.4. The van der Waals surface area contributed by atoms with Gasteiger partial charge in [-0.2, -0.15) is 0 Å². The SMILES string of the molecule is Cc1nc(N2CCCCC2)sc1/C=C1\C(=O)N(C)C(=S)N1C. The lowest BCUT2D eigenvalue weighted by Crippen LogP contribution is -2.29. The summed E-state index contributed by atoms with van der Waals surface area (Å²) in [5, 5.41) is 1.60. The molecule has 1 aromatic heterocycles. The van der Waals surface area contributed by atoms with Crippen LogP contribution in [0.2, 0.25) is 0 Å². The molecule has 3 rings (SSSR count). The summed E-state index contributed by atoms with van der Waals surface area (Å²) >= 11 is 6.90. The number of hydrogen-bond donors (Lipinski definition) is 0. The Morgan fingerprint density at radius 1 is 1.18 bits per heavy atom. The van der Waals surface area contributed by atoms with Gasteiger partial charge in [-0.3, -0.25) is 9.69 Å². The lowest BCUT2D eigenvalue weighted by atomic mass is 10.1. The molecule has 2 fully saturated rings. The van der Waals surface area contributed by atoms with Gasteiger partial charge in [-0.05, 0) is 44.5 Å². The molecule has 0 aliphatic carbocycles. The van der Waals surface area contributed by atoms with Crippen LogP contribution in [0, 0.1) is 6.92 Å². The fourth-order valence-corrected chi connectivity index (χ4v) is 4.00. The van der Waals surface area contributed by atoms with Crippen LogP contribution in [0.4, 0.5) is 5.13 Å². The molecule has 0 radical (unpaired) electrons. The first-order valence-corrected chi connectivity index (χ1v) is 8.71. The Morgan fingerprint density at radius 2 is 1.86 bits per heavy atom. The molecule has 0 atom stereocenters. The van der Waals surface area contributed by atoms with Crippen molar-refractivity contribution in [3.63, 3.8) is 0 Å². The quantitative estimate of drug-likeness (QED) is 0.613. The molecule has 2 saturated heterocycles. The fourth-order valence-electron chi connectivity index (χ4n) is 2.76. The van der Waals surface area contributed by atoms with Crippen molar-refractivity contribution in [2.45, 2.75) is 26.2 Å². The largest absolute Gasteiger partial charge is 0.348 e. The number of thiazole rings is 1. The van der Waals surface area contributed by atoms with E-state index in [9.17, 15) is 4.79 Å². The van der Waals surface area contributed by atoms with Gasteiger partial charge < -0.3 is 9.80 Å². The van der Waals surface area contributed by atoms with E-state index in [-0.39, 0.29) is 5.91 Å². The molecule has 3 heterocycles. The first-order chi connectivity index (χ1) is 10.5. The van der Waals surface area contributed by atoms with E-state index in [0.717, 1.165) is 28.8 Å². The smallest absolute Gasteiger partial charge is 0.276 e. The maximum atomic E-state index is 12.3. The van der Waals surface area contributed by atoms with Crippen molar-refractivity contribution in [2.75, 3.05) is 32.1 Å². The Hall–Kier alpha value is -1.47. The van der Waals surface area contributed by atoms with Crippen molar-refractivity contribution in [3.05, 3.63) is 16.3 Å². The molecule has 0 aromatic carbocycles. The summed E-state index contributed by atoms with van der Waals surface area (Å²) in [6.07, 6.45) is 5.68. The molecule has 5 nitrogen and oxygen atoms in total. The molecule has 1 amide bonds. The van der Waals surface area contributed by atoms with E-state index in [2.05, 4.69) is 9.88 Å². The Balaban J connectivity index is 1.89. The van der Waals surface area contributed by atoms with Gasteiger partial charge in [0.2, 0.25) is 0 Å². The zero-order valence-electron chi connectivity index (χ0n) is 13.1. The highest BCUT2D eigenvalue weighted by molar-refractivity contribution is 7.80. The topological polar surface area (TPSA) is 39.7 Å². The van der Waals surface area contributed by atoms with Gasteiger partial charge in [0, 0.05) is 27.2 Å². The monoisotopic (exact) mass is 336 g/mol. The highest BCUT2D eigenvalue weighted by Gasteiger charge is 2.33. The molecule has 2 aliphatic heterocycles. The van der Waals surface area contributed by atoms with Gasteiger partial charge >= 0.3 is 0 Å². The van der Waals surface area contributed by atoms with E-state index < -0.39 is 0 Å². The summed E-state index contributed by atoms with van der Waals surface area (Å²) in [5.41, 5.74) is 1.59. The first-order valence-electron chi connectivity index (χ1n) is 7.49. The average Bonchev–Trinajstić information content (AvgIpc) is 2.98. The predicted octanol–water partition coefficient (Wildman–Crippen LogP) is 2.47.